The first-order valence-electron chi connectivity index (χ1n) is 8.29. The highest BCUT2D eigenvalue weighted by Gasteiger charge is 2.47. The van der Waals surface area contributed by atoms with E-state index >= 15 is 0 Å². The number of fused-ring (bicyclic) bond motifs is 2. The van der Waals surface area contributed by atoms with E-state index in [-0.39, 0.29) is 30.2 Å². The van der Waals surface area contributed by atoms with Crippen LogP contribution in [0.25, 0.3) is 10.9 Å². The Labute approximate surface area is 144 Å². The SMILES string of the molecule is O=C(CN1C(=O)[C@H]2CC=CC[C@H]2C1=O)Nc1ccc2ccccc2n1. The number of hydrogen-bond acceptors (Lipinski definition) is 4. The second-order valence-corrected chi connectivity index (χ2v) is 6.36. The van der Waals surface area contributed by atoms with Gasteiger partial charge in [0.2, 0.25) is 17.7 Å². The van der Waals surface area contributed by atoms with Gasteiger partial charge in [0.25, 0.3) is 0 Å². The van der Waals surface area contributed by atoms with Crippen LogP contribution in [0.5, 0.6) is 0 Å². The molecular formula is C19H17N3O3. The number of amides is 3. The van der Waals surface area contributed by atoms with Crippen molar-refractivity contribution in [3.8, 4) is 0 Å². The summed E-state index contributed by atoms with van der Waals surface area (Å²) in [6, 6.07) is 11.2. The minimum Gasteiger partial charge on any atom is -0.309 e. The standard InChI is InChI=1S/C19H17N3O3/c23-17(21-16-10-9-12-5-1-4-8-15(12)20-16)11-22-18(24)13-6-2-3-7-14(13)19(22)25/h1-5,8-10,13-14H,6-7,11H2,(H,20,21,23)/t13-,14+. The number of para-hydroxylation sites is 1. The predicted octanol–water partition coefficient (Wildman–Crippen LogP) is 2.12. The average molecular weight is 335 g/mol. The minimum absolute atomic E-state index is 0.249. The zero-order valence-corrected chi connectivity index (χ0v) is 13.5. The lowest BCUT2D eigenvalue weighted by atomic mass is 9.85. The molecule has 4 rings (SSSR count). The van der Waals surface area contributed by atoms with Crippen LogP contribution in [0.1, 0.15) is 12.8 Å². The Bertz CT molecular complexity index is 880. The Morgan fingerprint density at radius 2 is 1.72 bits per heavy atom. The molecule has 25 heavy (non-hydrogen) atoms. The van der Waals surface area contributed by atoms with Crippen molar-refractivity contribution >= 4 is 34.4 Å². The van der Waals surface area contributed by atoms with E-state index in [1.54, 1.807) is 6.07 Å². The summed E-state index contributed by atoms with van der Waals surface area (Å²) in [7, 11) is 0. The lowest BCUT2D eigenvalue weighted by Gasteiger charge is -2.14. The second kappa shape index (κ2) is 6.12. The number of anilines is 1. The van der Waals surface area contributed by atoms with Gasteiger partial charge < -0.3 is 5.32 Å². The van der Waals surface area contributed by atoms with E-state index in [0.717, 1.165) is 15.8 Å². The van der Waals surface area contributed by atoms with Gasteiger partial charge in [0.15, 0.2) is 0 Å². The number of hydrogen-bond donors (Lipinski definition) is 1. The summed E-state index contributed by atoms with van der Waals surface area (Å²) in [5.74, 6) is -1.15. The first kappa shape index (κ1) is 15.5. The largest absolute Gasteiger partial charge is 0.309 e. The molecule has 0 saturated carbocycles. The van der Waals surface area contributed by atoms with E-state index in [2.05, 4.69) is 10.3 Å². The number of carbonyl (C=O) groups excluding carboxylic acids is 3. The fraction of sp³-hybridized carbons (Fsp3) is 0.263. The molecule has 0 radical (unpaired) electrons. The number of aromatic nitrogens is 1. The number of benzene rings is 1. The highest BCUT2D eigenvalue weighted by atomic mass is 16.2. The lowest BCUT2D eigenvalue weighted by molar-refractivity contribution is -0.142. The molecule has 2 heterocycles. The Hall–Kier alpha value is -3.02. The number of imide groups is 1. The monoisotopic (exact) mass is 335 g/mol. The van der Waals surface area contributed by atoms with Crippen LogP contribution < -0.4 is 5.32 Å². The molecule has 1 aliphatic heterocycles. The van der Waals surface area contributed by atoms with Crippen LogP contribution in [0, 0.1) is 11.8 Å². The maximum Gasteiger partial charge on any atom is 0.245 e. The maximum atomic E-state index is 12.4. The van der Waals surface area contributed by atoms with E-state index in [9.17, 15) is 14.4 Å². The van der Waals surface area contributed by atoms with Gasteiger partial charge in [0.1, 0.15) is 12.4 Å². The molecule has 0 bridgehead atoms. The number of pyridine rings is 1. The van der Waals surface area contributed by atoms with Gasteiger partial charge in [-0.1, -0.05) is 30.4 Å². The lowest BCUT2D eigenvalue weighted by Crippen LogP contribution is -2.38. The summed E-state index contributed by atoms with van der Waals surface area (Å²) in [6.07, 6.45) is 4.99. The number of rotatable bonds is 3. The Morgan fingerprint density at radius 3 is 2.44 bits per heavy atom. The number of nitrogens with zero attached hydrogens (tertiary/aromatic N) is 2. The summed E-state index contributed by atoms with van der Waals surface area (Å²) in [6.45, 7) is -0.265. The molecule has 1 aromatic heterocycles. The highest BCUT2D eigenvalue weighted by molar-refractivity contribution is 6.08. The Kier molecular flexibility index (Phi) is 3.80. The van der Waals surface area contributed by atoms with E-state index in [0.29, 0.717) is 18.7 Å². The molecule has 3 amide bonds. The summed E-state index contributed by atoms with van der Waals surface area (Å²) in [5, 5.41) is 3.65. The number of carbonyl (C=O) groups is 3. The maximum absolute atomic E-state index is 12.4. The number of nitrogens with one attached hydrogen (secondary N) is 1. The predicted molar refractivity (Wildman–Crippen MR) is 92.4 cm³/mol. The molecule has 6 nitrogen and oxygen atoms in total. The van der Waals surface area contributed by atoms with Crippen LogP contribution in [0.4, 0.5) is 5.82 Å². The zero-order valence-electron chi connectivity index (χ0n) is 13.5. The smallest absolute Gasteiger partial charge is 0.245 e. The fourth-order valence-corrected chi connectivity index (χ4v) is 3.49. The highest BCUT2D eigenvalue weighted by Crippen LogP contribution is 2.34. The molecule has 126 valence electrons. The van der Waals surface area contributed by atoms with Gasteiger partial charge >= 0.3 is 0 Å². The van der Waals surface area contributed by atoms with Gasteiger partial charge in [-0.25, -0.2) is 4.98 Å². The van der Waals surface area contributed by atoms with E-state index in [1.165, 1.54) is 0 Å². The topological polar surface area (TPSA) is 79.4 Å². The van der Waals surface area contributed by atoms with Gasteiger partial charge in [0, 0.05) is 5.39 Å². The van der Waals surface area contributed by atoms with E-state index in [1.807, 2.05) is 42.5 Å². The van der Waals surface area contributed by atoms with Crippen LogP contribution in [0.3, 0.4) is 0 Å². The third-order valence-electron chi connectivity index (χ3n) is 4.77. The molecule has 0 spiro atoms. The molecule has 1 saturated heterocycles. The first-order chi connectivity index (χ1) is 12.1. The molecule has 2 aromatic rings. The van der Waals surface area contributed by atoms with Gasteiger partial charge in [-0.2, -0.15) is 0 Å². The summed E-state index contributed by atoms with van der Waals surface area (Å²) in [5.41, 5.74) is 0.769. The van der Waals surface area contributed by atoms with Gasteiger partial charge in [-0.15, -0.1) is 0 Å². The quantitative estimate of drug-likeness (QED) is 0.688. The average Bonchev–Trinajstić information content (AvgIpc) is 2.87. The van der Waals surface area contributed by atoms with Gasteiger partial charge in [-0.3, -0.25) is 19.3 Å². The normalized spacial score (nSPS) is 22.3. The van der Waals surface area contributed by atoms with Gasteiger partial charge in [-0.05, 0) is 31.0 Å². The van der Waals surface area contributed by atoms with Crippen molar-refractivity contribution in [2.75, 3.05) is 11.9 Å². The fourth-order valence-electron chi connectivity index (χ4n) is 3.49. The summed E-state index contributed by atoms with van der Waals surface area (Å²) < 4.78 is 0. The molecule has 2 aliphatic rings. The molecular weight excluding hydrogens is 318 g/mol. The Morgan fingerprint density at radius 1 is 1.04 bits per heavy atom. The van der Waals surface area contributed by atoms with Crippen molar-refractivity contribution in [1.82, 2.24) is 9.88 Å². The Balaban J connectivity index is 1.46. The van der Waals surface area contributed by atoms with Crippen LogP contribution >= 0.6 is 0 Å². The summed E-state index contributed by atoms with van der Waals surface area (Å²) in [4.78, 5) is 42.5. The van der Waals surface area contributed by atoms with Crippen LogP contribution in [0.15, 0.2) is 48.6 Å². The molecule has 1 aromatic carbocycles. The molecule has 6 heteroatoms. The van der Waals surface area contributed by atoms with Crippen molar-refractivity contribution < 1.29 is 14.4 Å². The first-order valence-corrected chi connectivity index (χ1v) is 8.29. The number of allylic oxidation sites excluding steroid dienone is 2. The number of likely N-dealkylation sites (tertiary alicyclic amines) is 1. The third kappa shape index (κ3) is 2.80. The van der Waals surface area contributed by atoms with Crippen LogP contribution in [0.2, 0.25) is 0 Å². The zero-order chi connectivity index (χ0) is 17.4. The molecule has 0 unspecified atom stereocenters. The van der Waals surface area contributed by atoms with Crippen molar-refractivity contribution in [2.24, 2.45) is 11.8 Å². The van der Waals surface area contributed by atoms with Crippen molar-refractivity contribution in [1.29, 1.82) is 0 Å². The van der Waals surface area contributed by atoms with Crippen molar-refractivity contribution in [3.63, 3.8) is 0 Å². The second-order valence-electron chi connectivity index (χ2n) is 6.36. The van der Waals surface area contributed by atoms with Crippen molar-refractivity contribution in [3.05, 3.63) is 48.6 Å². The van der Waals surface area contributed by atoms with E-state index in [4.69, 9.17) is 0 Å². The summed E-state index contributed by atoms with van der Waals surface area (Å²) >= 11 is 0. The van der Waals surface area contributed by atoms with Crippen molar-refractivity contribution in [2.45, 2.75) is 12.8 Å². The minimum atomic E-state index is -0.420. The molecule has 1 aliphatic carbocycles. The molecule has 1 N–H and O–H groups in total. The van der Waals surface area contributed by atoms with E-state index < -0.39 is 5.91 Å². The van der Waals surface area contributed by atoms with Gasteiger partial charge in [0.05, 0.1) is 17.4 Å². The van der Waals surface area contributed by atoms with Crippen LogP contribution in [-0.2, 0) is 14.4 Å². The van der Waals surface area contributed by atoms with Crippen LogP contribution in [-0.4, -0.2) is 34.2 Å². The molecule has 1 fully saturated rings. The third-order valence-corrected chi connectivity index (χ3v) is 4.77. The molecule has 2 atom stereocenters.